The number of H-pyrrole nitrogens is 1. The molecule has 1 aromatic heterocycles. The number of aryl methyl sites for hydroxylation is 1. The molecule has 3 N–H and O–H groups in total. The molecule has 0 radical (unpaired) electrons. The highest BCUT2D eigenvalue weighted by Gasteiger charge is 2.14. The van der Waals surface area contributed by atoms with Crippen molar-refractivity contribution in [1.29, 1.82) is 0 Å². The van der Waals surface area contributed by atoms with Gasteiger partial charge in [-0.2, -0.15) is 0 Å². The summed E-state index contributed by atoms with van der Waals surface area (Å²) < 4.78 is 0. The lowest BCUT2D eigenvalue weighted by Gasteiger charge is -2.06. The zero-order valence-electron chi connectivity index (χ0n) is 11.4. The SMILES string of the molecule is Cc1[nH]c2ccccc2c1C(=O)NCCCC(C)O. The van der Waals surface area contributed by atoms with Crippen molar-refractivity contribution in [2.24, 2.45) is 0 Å². The van der Waals surface area contributed by atoms with E-state index < -0.39 is 0 Å². The second-order valence-electron chi connectivity index (χ2n) is 4.92. The predicted octanol–water partition coefficient (Wildman–Crippen LogP) is 2.37. The third-order valence-electron chi connectivity index (χ3n) is 3.20. The van der Waals surface area contributed by atoms with Gasteiger partial charge in [0.25, 0.3) is 5.91 Å². The highest BCUT2D eigenvalue weighted by molar-refractivity contribution is 6.08. The maximum atomic E-state index is 12.2. The summed E-state index contributed by atoms with van der Waals surface area (Å²) in [5.74, 6) is -0.0551. The zero-order valence-corrected chi connectivity index (χ0v) is 11.4. The summed E-state index contributed by atoms with van der Waals surface area (Å²) in [5.41, 5.74) is 2.58. The molecular weight excluding hydrogens is 240 g/mol. The molecule has 1 aromatic carbocycles. The number of aromatic amines is 1. The first-order valence-electron chi connectivity index (χ1n) is 6.63. The van der Waals surface area contributed by atoms with Gasteiger partial charge in [-0.1, -0.05) is 18.2 Å². The molecule has 2 aromatic rings. The Bertz CT molecular complexity index is 573. The Morgan fingerprint density at radius 1 is 1.42 bits per heavy atom. The summed E-state index contributed by atoms with van der Waals surface area (Å²) in [4.78, 5) is 15.4. The molecule has 2 rings (SSSR count). The summed E-state index contributed by atoms with van der Waals surface area (Å²) >= 11 is 0. The van der Waals surface area contributed by atoms with E-state index in [1.165, 1.54) is 0 Å². The van der Waals surface area contributed by atoms with Crippen molar-refractivity contribution >= 4 is 16.8 Å². The average Bonchev–Trinajstić information content (AvgIpc) is 2.70. The van der Waals surface area contributed by atoms with Crippen molar-refractivity contribution in [3.63, 3.8) is 0 Å². The Morgan fingerprint density at radius 3 is 2.89 bits per heavy atom. The number of carbonyl (C=O) groups is 1. The van der Waals surface area contributed by atoms with E-state index in [2.05, 4.69) is 10.3 Å². The zero-order chi connectivity index (χ0) is 13.8. The number of aliphatic hydroxyl groups is 1. The smallest absolute Gasteiger partial charge is 0.253 e. The third kappa shape index (κ3) is 3.15. The van der Waals surface area contributed by atoms with Crippen LogP contribution in [0.2, 0.25) is 0 Å². The molecule has 102 valence electrons. The molecule has 0 aliphatic carbocycles. The maximum absolute atomic E-state index is 12.2. The van der Waals surface area contributed by atoms with Crippen LogP contribution < -0.4 is 5.32 Å². The topological polar surface area (TPSA) is 65.1 Å². The largest absolute Gasteiger partial charge is 0.393 e. The first kappa shape index (κ1) is 13.6. The number of fused-ring (bicyclic) bond motifs is 1. The van der Waals surface area contributed by atoms with Crippen LogP contribution in [0, 0.1) is 6.92 Å². The number of aromatic nitrogens is 1. The molecule has 1 heterocycles. The number of aliphatic hydroxyl groups excluding tert-OH is 1. The van der Waals surface area contributed by atoms with Crippen LogP contribution in [-0.2, 0) is 0 Å². The summed E-state index contributed by atoms with van der Waals surface area (Å²) in [6.07, 6.45) is 1.17. The number of hydrogen-bond donors (Lipinski definition) is 3. The van der Waals surface area contributed by atoms with Gasteiger partial charge in [0, 0.05) is 23.1 Å². The second kappa shape index (κ2) is 5.89. The summed E-state index contributed by atoms with van der Waals surface area (Å²) in [5, 5.41) is 13.0. The van der Waals surface area contributed by atoms with Crippen LogP contribution in [0.5, 0.6) is 0 Å². The molecule has 0 aliphatic rings. The molecule has 0 saturated carbocycles. The molecular formula is C15H20N2O2. The molecule has 0 bridgehead atoms. The minimum Gasteiger partial charge on any atom is -0.393 e. The Balaban J connectivity index is 2.07. The number of amides is 1. The highest BCUT2D eigenvalue weighted by Crippen LogP contribution is 2.21. The lowest BCUT2D eigenvalue weighted by Crippen LogP contribution is -2.25. The average molecular weight is 260 g/mol. The van der Waals surface area contributed by atoms with Crippen LogP contribution in [0.15, 0.2) is 24.3 Å². The van der Waals surface area contributed by atoms with Crippen molar-refractivity contribution < 1.29 is 9.90 Å². The number of rotatable bonds is 5. The van der Waals surface area contributed by atoms with Gasteiger partial charge in [0.1, 0.15) is 0 Å². The van der Waals surface area contributed by atoms with E-state index in [1.807, 2.05) is 31.2 Å². The summed E-state index contributed by atoms with van der Waals surface area (Å²) in [6, 6.07) is 7.79. The van der Waals surface area contributed by atoms with Gasteiger partial charge in [-0.25, -0.2) is 0 Å². The highest BCUT2D eigenvalue weighted by atomic mass is 16.3. The summed E-state index contributed by atoms with van der Waals surface area (Å²) in [7, 11) is 0. The standard InChI is InChI=1S/C15H20N2O2/c1-10(18)6-5-9-16-15(19)14-11(2)17-13-8-4-3-7-12(13)14/h3-4,7-8,10,17-18H,5-6,9H2,1-2H3,(H,16,19). The van der Waals surface area contributed by atoms with Gasteiger partial charge in [0.2, 0.25) is 0 Å². The number of carbonyl (C=O) groups excluding carboxylic acids is 1. The fourth-order valence-corrected chi connectivity index (χ4v) is 2.26. The van der Waals surface area contributed by atoms with E-state index in [1.54, 1.807) is 6.92 Å². The second-order valence-corrected chi connectivity index (χ2v) is 4.92. The van der Waals surface area contributed by atoms with E-state index in [0.29, 0.717) is 18.5 Å². The Labute approximate surface area is 112 Å². The third-order valence-corrected chi connectivity index (χ3v) is 3.20. The Morgan fingerprint density at radius 2 is 2.16 bits per heavy atom. The van der Waals surface area contributed by atoms with Gasteiger partial charge in [-0.05, 0) is 32.8 Å². The molecule has 1 amide bonds. The van der Waals surface area contributed by atoms with Crippen molar-refractivity contribution in [2.45, 2.75) is 32.8 Å². The van der Waals surface area contributed by atoms with Crippen LogP contribution >= 0.6 is 0 Å². The fraction of sp³-hybridized carbons (Fsp3) is 0.400. The van der Waals surface area contributed by atoms with Crippen LogP contribution in [-0.4, -0.2) is 28.6 Å². The predicted molar refractivity (Wildman–Crippen MR) is 76.3 cm³/mol. The van der Waals surface area contributed by atoms with E-state index in [-0.39, 0.29) is 12.0 Å². The minimum absolute atomic E-state index is 0.0551. The fourth-order valence-electron chi connectivity index (χ4n) is 2.26. The van der Waals surface area contributed by atoms with Crippen LogP contribution in [0.25, 0.3) is 10.9 Å². The normalized spacial score (nSPS) is 12.6. The van der Waals surface area contributed by atoms with E-state index in [0.717, 1.165) is 23.0 Å². The minimum atomic E-state index is -0.313. The molecule has 1 atom stereocenters. The van der Waals surface area contributed by atoms with Gasteiger partial charge < -0.3 is 15.4 Å². The molecule has 4 heteroatoms. The van der Waals surface area contributed by atoms with Crippen molar-refractivity contribution in [1.82, 2.24) is 10.3 Å². The van der Waals surface area contributed by atoms with Crippen molar-refractivity contribution in [3.8, 4) is 0 Å². The van der Waals surface area contributed by atoms with Gasteiger partial charge in [-0.3, -0.25) is 4.79 Å². The van der Waals surface area contributed by atoms with Crippen molar-refractivity contribution in [3.05, 3.63) is 35.5 Å². The van der Waals surface area contributed by atoms with Crippen LogP contribution in [0.3, 0.4) is 0 Å². The number of hydrogen-bond acceptors (Lipinski definition) is 2. The monoisotopic (exact) mass is 260 g/mol. The Kier molecular flexibility index (Phi) is 4.22. The van der Waals surface area contributed by atoms with E-state index in [4.69, 9.17) is 5.11 Å². The van der Waals surface area contributed by atoms with Crippen LogP contribution in [0.1, 0.15) is 35.8 Å². The number of nitrogens with one attached hydrogen (secondary N) is 2. The first-order chi connectivity index (χ1) is 9.09. The molecule has 4 nitrogen and oxygen atoms in total. The van der Waals surface area contributed by atoms with Crippen LogP contribution in [0.4, 0.5) is 0 Å². The lowest BCUT2D eigenvalue weighted by atomic mass is 10.1. The van der Waals surface area contributed by atoms with E-state index in [9.17, 15) is 4.79 Å². The number of benzene rings is 1. The Hall–Kier alpha value is -1.81. The van der Waals surface area contributed by atoms with Gasteiger partial charge in [0.15, 0.2) is 0 Å². The first-order valence-corrected chi connectivity index (χ1v) is 6.63. The maximum Gasteiger partial charge on any atom is 0.253 e. The quantitative estimate of drug-likeness (QED) is 0.723. The molecule has 0 fully saturated rings. The lowest BCUT2D eigenvalue weighted by molar-refractivity contribution is 0.0950. The van der Waals surface area contributed by atoms with Gasteiger partial charge in [-0.15, -0.1) is 0 Å². The van der Waals surface area contributed by atoms with Gasteiger partial charge in [0.05, 0.1) is 11.7 Å². The number of para-hydroxylation sites is 1. The van der Waals surface area contributed by atoms with E-state index >= 15 is 0 Å². The molecule has 19 heavy (non-hydrogen) atoms. The molecule has 0 spiro atoms. The molecule has 0 saturated heterocycles. The molecule has 0 aliphatic heterocycles. The molecule has 1 unspecified atom stereocenters. The summed E-state index contributed by atoms with van der Waals surface area (Å²) in [6.45, 7) is 4.25. The van der Waals surface area contributed by atoms with Gasteiger partial charge >= 0.3 is 0 Å². The van der Waals surface area contributed by atoms with Crippen molar-refractivity contribution in [2.75, 3.05) is 6.54 Å².